The Labute approximate surface area is 91.9 Å². The molecule has 0 saturated carbocycles. The van der Waals surface area contributed by atoms with E-state index in [-0.39, 0.29) is 0 Å². The van der Waals surface area contributed by atoms with Crippen LogP contribution in [0.5, 0.6) is 0 Å². The van der Waals surface area contributed by atoms with Gasteiger partial charge in [-0.15, -0.1) is 0 Å². The van der Waals surface area contributed by atoms with Crippen LogP contribution in [-0.2, 0) is 0 Å². The zero-order chi connectivity index (χ0) is 10.8. The van der Waals surface area contributed by atoms with Crippen molar-refractivity contribution in [2.75, 3.05) is 6.54 Å². The van der Waals surface area contributed by atoms with Crippen LogP contribution in [0.4, 0.5) is 0 Å². The van der Waals surface area contributed by atoms with Crippen molar-refractivity contribution in [3.63, 3.8) is 0 Å². The van der Waals surface area contributed by atoms with E-state index in [4.69, 9.17) is 0 Å². The molecule has 1 aliphatic heterocycles. The van der Waals surface area contributed by atoms with Crippen LogP contribution in [0.2, 0.25) is 0 Å². The summed E-state index contributed by atoms with van der Waals surface area (Å²) in [6.07, 6.45) is 6.52. The molecule has 0 radical (unpaired) electrons. The summed E-state index contributed by atoms with van der Waals surface area (Å²) in [7, 11) is 0. The third-order valence-electron chi connectivity index (χ3n) is 3.45. The van der Waals surface area contributed by atoms with E-state index in [1.807, 2.05) is 12.5 Å². The molecular weight excluding hydrogens is 186 g/mol. The molecule has 1 aliphatic rings. The fourth-order valence-electron chi connectivity index (χ4n) is 2.53. The summed E-state index contributed by atoms with van der Waals surface area (Å²) >= 11 is 0. The SMILES string of the molecule is CCC1CCNC1c1cncn1C(C)C. The molecule has 1 aromatic rings. The van der Waals surface area contributed by atoms with Gasteiger partial charge in [0.15, 0.2) is 0 Å². The maximum absolute atomic E-state index is 4.28. The Bertz CT molecular complexity index is 316. The predicted molar refractivity (Wildman–Crippen MR) is 61.8 cm³/mol. The van der Waals surface area contributed by atoms with Crippen LogP contribution in [0.15, 0.2) is 12.5 Å². The molecule has 84 valence electrons. The van der Waals surface area contributed by atoms with E-state index < -0.39 is 0 Å². The quantitative estimate of drug-likeness (QED) is 0.825. The van der Waals surface area contributed by atoms with Gasteiger partial charge in [-0.05, 0) is 32.7 Å². The first-order valence-corrected chi connectivity index (χ1v) is 5.99. The van der Waals surface area contributed by atoms with Gasteiger partial charge in [0.25, 0.3) is 0 Å². The van der Waals surface area contributed by atoms with Gasteiger partial charge in [0.1, 0.15) is 0 Å². The summed E-state index contributed by atoms with van der Waals surface area (Å²) in [5.74, 6) is 0.777. The molecule has 0 spiro atoms. The number of nitrogens with one attached hydrogen (secondary N) is 1. The van der Waals surface area contributed by atoms with Crippen molar-refractivity contribution in [1.82, 2.24) is 14.9 Å². The molecule has 0 bridgehead atoms. The van der Waals surface area contributed by atoms with E-state index in [2.05, 4.69) is 35.6 Å². The molecule has 2 heterocycles. The molecule has 15 heavy (non-hydrogen) atoms. The predicted octanol–water partition coefficient (Wildman–Crippen LogP) is 2.52. The van der Waals surface area contributed by atoms with Crippen LogP contribution in [0.3, 0.4) is 0 Å². The fourth-order valence-corrected chi connectivity index (χ4v) is 2.53. The van der Waals surface area contributed by atoms with Gasteiger partial charge in [-0.25, -0.2) is 4.98 Å². The van der Waals surface area contributed by atoms with Crippen LogP contribution in [0.25, 0.3) is 0 Å². The van der Waals surface area contributed by atoms with Gasteiger partial charge in [0, 0.05) is 12.2 Å². The van der Waals surface area contributed by atoms with Crippen molar-refractivity contribution in [1.29, 1.82) is 0 Å². The van der Waals surface area contributed by atoms with Crippen LogP contribution in [0, 0.1) is 5.92 Å². The van der Waals surface area contributed by atoms with E-state index in [1.54, 1.807) is 0 Å². The highest BCUT2D eigenvalue weighted by Crippen LogP contribution is 2.32. The van der Waals surface area contributed by atoms with E-state index in [1.165, 1.54) is 18.5 Å². The standard InChI is InChI=1S/C12H21N3/c1-4-10-5-6-14-12(10)11-7-13-8-15(11)9(2)3/h7-10,12,14H,4-6H2,1-3H3. The lowest BCUT2D eigenvalue weighted by molar-refractivity contribution is 0.415. The van der Waals surface area contributed by atoms with Gasteiger partial charge >= 0.3 is 0 Å². The van der Waals surface area contributed by atoms with E-state index in [9.17, 15) is 0 Å². The Hall–Kier alpha value is -0.830. The topological polar surface area (TPSA) is 29.9 Å². The summed E-state index contributed by atoms with van der Waals surface area (Å²) in [5, 5.41) is 3.59. The number of imidazole rings is 1. The van der Waals surface area contributed by atoms with Crippen molar-refractivity contribution in [3.8, 4) is 0 Å². The summed E-state index contributed by atoms with van der Waals surface area (Å²) in [5.41, 5.74) is 1.36. The minimum atomic E-state index is 0.502. The second kappa shape index (κ2) is 4.35. The molecule has 1 aromatic heterocycles. The minimum absolute atomic E-state index is 0.502. The van der Waals surface area contributed by atoms with Crippen molar-refractivity contribution in [3.05, 3.63) is 18.2 Å². The fraction of sp³-hybridized carbons (Fsp3) is 0.750. The van der Waals surface area contributed by atoms with Gasteiger partial charge in [-0.1, -0.05) is 13.3 Å². The maximum atomic E-state index is 4.28. The van der Waals surface area contributed by atoms with Crippen LogP contribution in [0.1, 0.15) is 51.4 Å². The number of nitrogens with zero attached hydrogens (tertiary/aromatic N) is 2. The van der Waals surface area contributed by atoms with Crippen LogP contribution >= 0.6 is 0 Å². The van der Waals surface area contributed by atoms with Gasteiger partial charge in [0.05, 0.1) is 18.1 Å². The molecular formula is C12H21N3. The molecule has 1 fully saturated rings. The average Bonchev–Trinajstić information content (AvgIpc) is 2.85. The summed E-state index contributed by atoms with van der Waals surface area (Å²) < 4.78 is 2.28. The molecule has 0 amide bonds. The summed E-state index contributed by atoms with van der Waals surface area (Å²) in [6.45, 7) is 7.84. The lowest BCUT2D eigenvalue weighted by Gasteiger charge is -2.21. The first-order chi connectivity index (χ1) is 7.24. The second-order valence-corrected chi connectivity index (χ2v) is 4.71. The number of aromatic nitrogens is 2. The first-order valence-electron chi connectivity index (χ1n) is 5.99. The minimum Gasteiger partial charge on any atom is -0.331 e. The molecule has 0 aromatic carbocycles. The highest BCUT2D eigenvalue weighted by molar-refractivity contribution is 5.10. The molecule has 1 N–H and O–H groups in total. The lowest BCUT2D eigenvalue weighted by atomic mass is 9.95. The molecule has 1 saturated heterocycles. The number of rotatable bonds is 3. The summed E-state index contributed by atoms with van der Waals surface area (Å²) in [6, 6.07) is 1.02. The van der Waals surface area contributed by atoms with Crippen molar-refractivity contribution in [2.24, 2.45) is 5.92 Å². The van der Waals surface area contributed by atoms with Gasteiger partial charge in [-0.3, -0.25) is 0 Å². The highest BCUT2D eigenvalue weighted by atomic mass is 15.1. The molecule has 2 rings (SSSR count). The van der Waals surface area contributed by atoms with Crippen molar-refractivity contribution >= 4 is 0 Å². The van der Waals surface area contributed by atoms with Crippen molar-refractivity contribution in [2.45, 2.75) is 45.7 Å². The van der Waals surface area contributed by atoms with Gasteiger partial charge in [-0.2, -0.15) is 0 Å². The molecule has 0 aliphatic carbocycles. The van der Waals surface area contributed by atoms with Crippen molar-refractivity contribution < 1.29 is 0 Å². The largest absolute Gasteiger partial charge is 0.331 e. The lowest BCUT2D eigenvalue weighted by Crippen LogP contribution is -2.21. The van der Waals surface area contributed by atoms with E-state index in [0.717, 1.165) is 12.5 Å². The van der Waals surface area contributed by atoms with Gasteiger partial charge in [0.2, 0.25) is 0 Å². The van der Waals surface area contributed by atoms with E-state index >= 15 is 0 Å². The van der Waals surface area contributed by atoms with Crippen LogP contribution < -0.4 is 5.32 Å². The van der Waals surface area contributed by atoms with Crippen LogP contribution in [-0.4, -0.2) is 16.1 Å². The number of hydrogen-bond acceptors (Lipinski definition) is 2. The Morgan fingerprint density at radius 2 is 2.40 bits per heavy atom. The zero-order valence-electron chi connectivity index (χ0n) is 9.90. The molecule has 3 nitrogen and oxygen atoms in total. The Balaban J connectivity index is 2.24. The Morgan fingerprint density at radius 3 is 3.07 bits per heavy atom. The normalized spacial score (nSPS) is 26.4. The highest BCUT2D eigenvalue weighted by Gasteiger charge is 2.29. The molecule has 2 unspecified atom stereocenters. The second-order valence-electron chi connectivity index (χ2n) is 4.71. The third kappa shape index (κ3) is 1.93. The number of hydrogen-bond donors (Lipinski definition) is 1. The first kappa shape index (κ1) is 10.7. The maximum Gasteiger partial charge on any atom is 0.0951 e. The Kier molecular flexibility index (Phi) is 3.10. The molecule has 2 atom stereocenters. The molecule has 3 heteroatoms. The van der Waals surface area contributed by atoms with E-state index in [0.29, 0.717) is 12.1 Å². The zero-order valence-corrected chi connectivity index (χ0v) is 9.90. The Morgan fingerprint density at radius 1 is 1.60 bits per heavy atom. The average molecular weight is 207 g/mol. The third-order valence-corrected chi connectivity index (χ3v) is 3.45. The van der Waals surface area contributed by atoms with Gasteiger partial charge < -0.3 is 9.88 Å². The summed E-state index contributed by atoms with van der Waals surface area (Å²) in [4.78, 5) is 4.28. The monoisotopic (exact) mass is 207 g/mol. The smallest absolute Gasteiger partial charge is 0.0951 e.